The maximum atomic E-state index is 9.47. The third-order valence-corrected chi connectivity index (χ3v) is 3.69. The maximum Gasteiger partial charge on any atom is 0.115 e. The molecule has 1 atom stereocenters. The number of aromatic nitrogens is 2. The summed E-state index contributed by atoms with van der Waals surface area (Å²) in [5.41, 5.74) is 2.09. The Labute approximate surface area is 112 Å². The van der Waals surface area contributed by atoms with Crippen molar-refractivity contribution in [2.24, 2.45) is 5.92 Å². The molecule has 0 amide bonds. The van der Waals surface area contributed by atoms with Crippen molar-refractivity contribution in [3.05, 3.63) is 47.5 Å². The maximum absolute atomic E-state index is 9.47. The molecule has 0 aliphatic carbocycles. The molecule has 4 heteroatoms. The van der Waals surface area contributed by atoms with E-state index < -0.39 is 0 Å². The first-order chi connectivity index (χ1) is 9.24. The number of fused-ring (bicyclic) bond motifs is 1. The SMILES string of the molecule is OCC1CCc2nc(Cc3cccc(O)c3)cn2C1. The number of imidazole rings is 1. The molecule has 1 aromatic heterocycles. The first-order valence-electron chi connectivity index (χ1n) is 6.68. The van der Waals surface area contributed by atoms with Gasteiger partial charge >= 0.3 is 0 Å². The van der Waals surface area contributed by atoms with Crippen LogP contribution in [0.5, 0.6) is 5.75 Å². The van der Waals surface area contributed by atoms with Crippen LogP contribution >= 0.6 is 0 Å². The molecule has 2 heterocycles. The summed E-state index contributed by atoms with van der Waals surface area (Å²) in [4.78, 5) is 4.64. The van der Waals surface area contributed by atoms with Gasteiger partial charge in [-0.1, -0.05) is 12.1 Å². The zero-order valence-corrected chi connectivity index (χ0v) is 10.8. The average molecular weight is 258 g/mol. The minimum absolute atomic E-state index is 0.250. The molecular formula is C15H18N2O2. The fourth-order valence-electron chi connectivity index (χ4n) is 2.68. The Hall–Kier alpha value is -1.81. The van der Waals surface area contributed by atoms with E-state index in [-0.39, 0.29) is 6.61 Å². The summed E-state index contributed by atoms with van der Waals surface area (Å²) in [7, 11) is 0. The molecule has 100 valence electrons. The van der Waals surface area contributed by atoms with Crippen LogP contribution < -0.4 is 0 Å². The highest BCUT2D eigenvalue weighted by Gasteiger charge is 2.19. The second-order valence-electron chi connectivity index (χ2n) is 5.23. The molecule has 0 fully saturated rings. The molecule has 0 radical (unpaired) electrons. The number of aromatic hydroxyl groups is 1. The minimum Gasteiger partial charge on any atom is -0.508 e. The topological polar surface area (TPSA) is 58.3 Å². The summed E-state index contributed by atoms with van der Waals surface area (Å²) in [6.45, 7) is 1.11. The van der Waals surface area contributed by atoms with E-state index in [0.29, 0.717) is 11.7 Å². The van der Waals surface area contributed by atoms with Gasteiger partial charge < -0.3 is 14.8 Å². The Morgan fingerprint density at radius 1 is 1.37 bits per heavy atom. The standard InChI is InChI=1S/C15H18N2O2/c18-10-12-4-5-15-16-13(9-17(15)8-12)6-11-2-1-3-14(19)7-11/h1-3,7,9,12,18-19H,4-6,8,10H2. The number of phenols is 1. The third-order valence-electron chi connectivity index (χ3n) is 3.69. The lowest BCUT2D eigenvalue weighted by molar-refractivity contribution is 0.190. The summed E-state index contributed by atoms with van der Waals surface area (Å²) < 4.78 is 2.16. The summed E-state index contributed by atoms with van der Waals surface area (Å²) in [5, 5.41) is 18.7. The Balaban J connectivity index is 1.78. The van der Waals surface area contributed by atoms with Gasteiger partial charge in [0.2, 0.25) is 0 Å². The summed E-state index contributed by atoms with van der Waals surface area (Å²) in [6.07, 6.45) is 4.75. The van der Waals surface area contributed by atoms with E-state index in [0.717, 1.165) is 42.9 Å². The second kappa shape index (κ2) is 5.05. The van der Waals surface area contributed by atoms with Crippen LogP contribution in [0.3, 0.4) is 0 Å². The van der Waals surface area contributed by atoms with Gasteiger partial charge in [-0.25, -0.2) is 4.98 Å². The molecular weight excluding hydrogens is 240 g/mol. The van der Waals surface area contributed by atoms with E-state index in [9.17, 15) is 10.2 Å². The predicted octanol–water partition coefficient (Wildman–Crippen LogP) is 1.73. The van der Waals surface area contributed by atoms with Crippen LogP contribution in [-0.4, -0.2) is 26.4 Å². The van der Waals surface area contributed by atoms with Crippen molar-refractivity contribution in [2.75, 3.05) is 6.61 Å². The van der Waals surface area contributed by atoms with Gasteiger partial charge in [-0.2, -0.15) is 0 Å². The average Bonchev–Trinajstić information content (AvgIpc) is 2.79. The quantitative estimate of drug-likeness (QED) is 0.881. The van der Waals surface area contributed by atoms with Crippen LogP contribution in [-0.2, 0) is 19.4 Å². The van der Waals surface area contributed by atoms with Gasteiger partial charge in [0.25, 0.3) is 0 Å². The lowest BCUT2D eigenvalue weighted by Crippen LogP contribution is -2.22. The Morgan fingerprint density at radius 3 is 3.05 bits per heavy atom. The number of hydrogen-bond donors (Lipinski definition) is 2. The van der Waals surface area contributed by atoms with Crippen LogP contribution in [0.1, 0.15) is 23.5 Å². The lowest BCUT2D eigenvalue weighted by atomic mass is 10.0. The largest absolute Gasteiger partial charge is 0.508 e. The van der Waals surface area contributed by atoms with E-state index in [1.54, 1.807) is 12.1 Å². The van der Waals surface area contributed by atoms with E-state index in [4.69, 9.17) is 0 Å². The van der Waals surface area contributed by atoms with Crippen molar-refractivity contribution in [3.8, 4) is 5.75 Å². The molecule has 2 N–H and O–H groups in total. The normalized spacial score (nSPS) is 18.3. The van der Waals surface area contributed by atoms with Crippen LogP contribution in [0, 0.1) is 5.92 Å². The molecule has 0 bridgehead atoms. The first-order valence-corrected chi connectivity index (χ1v) is 6.68. The molecule has 3 rings (SSSR count). The molecule has 0 spiro atoms. The predicted molar refractivity (Wildman–Crippen MR) is 72.0 cm³/mol. The Bertz CT molecular complexity index is 577. The smallest absolute Gasteiger partial charge is 0.115 e. The Morgan fingerprint density at radius 2 is 2.26 bits per heavy atom. The minimum atomic E-state index is 0.250. The van der Waals surface area contributed by atoms with Gasteiger partial charge in [-0.3, -0.25) is 0 Å². The first kappa shape index (κ1) is 12.2. The van der Waals surface area contributed by atoms with Gasteiger partial charge in [0.15, 0.2) is 0 Å². The van der Waals surface area contributed by atoms with E-state index in [2.05, 4.69) is 15.7 Å². The number of aryl methyl sites for hydroxylation is 1. The second-order valence-corrected chi connectivity index (χ2v) is 5.23. The summed E-state index contributed by atoms with van der Waals surface area (Å²) in [5.74, 6) is 1.76. The Kier molecular flexibility index (Phi) is 3.25. The van der Waals surface area contributed by atoms with Gasteiger partial charge in [0.1, 0.15) is 11.6 Å². The van der Waals surface area contributed by atoms with Crippen LogP contribution in [0.25, 0.3) is 0 Å². The molecule has 19 heavy (non-hydrogen) atoms. The van der Waals surface area contributed by atoms with Gasteiger partial charge in [0, 0.05) is 38.1 Å². The van der Waals surface area contributed by atoms with E-state index in [1.807, 2.05) is 12.1 Å². The molecule has 1 aliphatic heterocycles. The van der Waals surface area contributed by atoms with Crippen molar-refractivity contribution in [1.82, 2.24) is 9.55 Å². The van der Waals surface area contributed by atoms with Crippen molar-refractivity contribution in [2.45, 2.75) is 25.8 Å². The summed E-state index contributed by atoms with van der Waals surface area (Å²) in [6, 6.07) is 7.29. The number of nitrogens with zero attached hydrogens (tertiary/aromatic N) is 2. The zero-order chi connectivity index (χ0) is 13.2. The van der Waals surface area contributed by atoms with Crippen LogP contribution in [0.4, 0.5) is 0 Å². The monoisotopic (exact) mass is 258 g/mol. The lowest BCUT2D eigenvalue weighted by Gasteiger charge is -2.21. The van der Waals surface area contributed by atoms with Crippen LogP contribution in [0.2, 0.25) is 0 Å². The highest BCUT2D eigenvalue weighted by Crippen LogP contribution is 2.21. The van der Waals surface area contributed by atoms with E-state index >= 15 is 0 Å². The molecule has 0 saturated carbocycles. The fraction of sp³-hybridized carbons (Fsp3) is 0.400. The number of benzene rings is 1. The zero-order valence-electron chi connectivity index (χ0n) is 10.8. The number of hydrogen-bond acceptors (Lipinski definition) is 3. The molecule has 2 aromatic rings. The number of aliphatic hydroxyl groups is 1. The molecule has 4 nitrogen and oxygen atoms in total. The fourth-order valence-corrected chi connectivity index (χ4v) is 2.68. The van der Waals surface area contributed by atoms with Gasteiger partial charge in [0.05, 0.1) is 5.69 Å². The highest BCUT2D eigenvalue weighted by atomic mass is 16.3. The van der Waals surface area contributed by atoms with Crippen molar-refractivity contribution >= 4 is 0 Å². The molecule has 1 aliphatic rings. The highest BCUT2D eigenvalue weighted by molar-refractivity contribution is 5.30. The van der Waals surface area contributed by atoms with Gasteiger partial charge in [-0.05, 0) is 24.1 Å². The number of phenolic OH excluding ortho intramolecular Hbond substituents is 1. The van der Waals surface area contributed by atoms with Gasteiger partial charge in [-0.15, -0.1) is 0 Å². The molecule has 1 unspecified atom stereocenters. The molecule has 0 saturated heterocycles. The molecule has 1 aromatic carbocycles. The number of aliphatic hydroxyl groups excluding tert-OH is 1. The number of rotatable bonds is 3. The van der Waals surface area contributed by atoms with Crippen molar-refractivity contribution in [3.63, 3.8) is 0 Å². The third kappa shape index (κ3) is 2.63. The van der Waals surface area contributed by atoms with E-state index in [1.165, 1.54) is 0 Å². The van der Waals surface area contributed by atoms with Crippen molar-refractivity contribution < 1.29 is 10.2 Å². The van der Waals surface area contributed by atoms with Crippen LogP contribution in [0.15, 0.2) is 30.5 Å². The summed E-state index contributed by atoms with van der Waals surface area (Å²) >= 11 is 0. The van der Waals surface area contributed by atoms with Crippen molar-refractivity contribution in [1.29, 1.82) is 0 Å².